The van der Waals surface area contributed by atoms with E-state index in [4.69, 9.17) is 0 Å². The van der Waals surface area contributed by atoms with E-state index in [-0.39, 0.29) is 0 Å². The van der Waals surface area contributed by atoms with E-state index in [1.54, 1.807) is 0 Å². The van der Waals surface area contributed by atoms with Gasteiger partial charge < -0.3 is 0 Å². The highest BCUT2D eigenvalue weighted by Crippen LogP contribution is 2.14. The predicted octanol–water partition coefficient (Wildman–Crippen LogP) is 4.71. The summed E-state index contributed by atoms with van der Waals surface area (Å²) < 4.78 is 0. The van der Waals surface area contributed by atoms with Crippen LogP contribution in [-0.2, 0) is 0 Å². The minimum Gasteiger partial charge on any atom is -0.294 e. The summed E-state index contributed by atoms with van der Waals surface area (Å²) in [5.41, 5.74) is 0. The molecular weight excluding hydrogens is 182 g/mol. The van der Waals surface area contributed by atoms with E-state index in [1.807, 2.05) is 0 Å². The van der Waals surface area contributed by atoms with Crippen LogP contribution in [0, 0.1) is 11.8 Å². The van der Waals surface area contributed by atoms with Crippen LogP contribution in [0.3, 0.4) is 0 Å². The minimum absolute atomic E-state index is 0.562. The summed E-state index contributed by atoms with van der Waals surface area (Å²) >= 11 is 0. The second-order valence-electron chi connectivity index (χ2n) is 5.11. The molecule has 0 aromatic heterocycles. The molecular formula is C14H29N. The summed E-state index contributed by atoms with van der Waals surface area (Å²) in [7, 11) is 0. The third-order valence-corrected chi connectivity index (χ3v) is 3.03. The van der Waals surface area contributed by atoms with Crippen molar-refractivity contribution in [3.63, 3.8) is 0 Å². The number of hydrogen-bond donors (Lipinski definition) is 0. The molecule has 0 aromatic carbocycles. The van der Waals surface area contributed by atoms with Crippen LogP contribution in [0.2, 0.25) is 0 Å². The van der Waals surface area contributed by atoms with Crippen LogP contribution in [0.25, 0.3) is 0 Å². The molecule has 0 aliphatic rings. The maximum Gasteiger partial charge on any atom is 0.0495 e. The second-order valence-corrected chi connectivity index (χ2v) is 5.11. The lowest BCUT2D eigenvalue weighted by molar-refractivity contribution is 0.446. The highest BCUT2D eigenvalue weighted by Gasteiger charge is 2.07. The van der Waals surface area contributed by atoms with E-state index in [2.05, 4.69) is 45.8 Å². The van der Waals surface area contributed by atoms with Gasteiger partial charge >= 0.3 is 0 Å². The zero-order valence-corrected chi connectivity index (χ0v) is 11.3. The van der Waals surface area contributed by atoms with Crippen molar-refractivity contribution in [3.05, 3.63) is 0 Å². The van der Waals surface area contributed by atoms with Crippen molar-refractivity contribution in [1.29, 1.82) is 0 Å². The molecule has 0 saturated carbocycles. The fourth-order valence-electron chi connectivity index (χ4n) is 1.60. The molecule has 2 unspecified atom stereocenters. The Morgan fingerprint density at radius 1 is 1.07 bits per heavy atom. The molecule has 2 atom stereocenters. The molecule has 0 N–H and O–H groups in total. The highest BCUT2D eigenvalue weighted by atomic mass is 14.8. The van der Waals surface area contributed by atoms with Gasteiger partial charge in [-0.1, -0.05) is 41.0 Å². The number of hydrogen-bond acceptors (Lipinski definition) is 1. The molecule has 0 rings (SSSR count). The van der Waals surface area contributed by atoms with Gasteiger partial charge in [-0.2, -0.15) is 0 Å². The molecule has 0 bridgehead atoms. The molecule has 0 radical (unpaired) electrons. The maximum atomic E-state index is 4.68. The Morgan fingerprint density at radius 2 is 1.73 bits per heavy atom. The van der Waals surface area contributed by atoms with Crippen molar-refractivity contribution in [2.75, 3.05) is 0 Å². The summed E-state index contributed by atoms with van der Waals surface area (Å²) in [5, 5.41) is 0. The largest absolute Gasteiger partial charge is 0.294 e. The SMILES string of the molecule is CCC(C)CC(CC)N=CCCC(C)C. The second kappa shape index (κ2) is 8.94. The van der Waals surface area contributed by atoms with E-state index in [0.29, 0.717) is 6.04 Å². The van der Waals surface area contributed by atoms with Crippen molar-refractivity contribution in [3.8, 4) is 0 Å². The van der Waals surface area contributed by atoms with Gasteiger partial charge in [-0.05, 0) is 43.7 Å². The Labute approximate surface area is 96.4 Å². The van der Waals surface area contributed by atoms with Gasteiger partial charge in [0.15, 0.2) is 0 Å². The van der Waals surface area contributed by atoms with E-state index < -0.39 is 0 Å². The Morgan fingerprint density at radius 3 is 2.20 bits per heavy atom. The lowest BCUT2D eigenvalue weighted by Crippen LogP contribution is -2.08. The average Bonchev–Trinajstić information content (AvgIpc) is 2.21. The number of aliphatic imine (C=N–C) groups is 1. The summed E-state index contributed by atoms with van der Waals surface area (Å²) in [6, 6.07) is 0.562. The number of nitrogens with zero attached hydrogens (tertiary/aromatic N) is 1. The smallest absolute Gasteiger partial charge is 0.0495 e. The topological polar surface area (TPSA) is 12.4 Å². The first-order chi connectivity index (χ1) is 7.10. The van der Waals surface area contributed by atoms with Crippen LogP contribution in [0.5, 0.6) is 0 Å². The molecule has 1 nitrogen and oxygen atoms in total. The maximum absolute atomic E-state index is 4.68. The van der Waals surface area contributed by atoms with Crippen molar-refractivity contribution >= 4 is 6.21 Å². The molecule has 15 heavy (non-hydrogen) atoms. The molecule has 90 valence electrons. The van der Waals surface area contributed by atoms with Crippen LogP contribution >= 0.6 is 0 Å². The van der Waals surface area contributed by atoms with Crippen molar-refractivity contribution in [2.24, 2.45) is 16.8 Å². The van der Waals surface area contributed by atoms with Gasteiger partial charge in [0.1, 0.15) is 0 Å². The first-order valence-electron chi connectivity index (χ1n) is 6.61. The van der Waals surface area contributed by atoms with Crippen LogP contribution in [0.15, 0.2) is 4.99 Å². The molecule has 0 fully saturated rings. The Hall–Kier alpha value is -0.330. The first-order valence-corrected chi connectivity index (χ1v) is 6.61. The van der Waals surface area contributed by atoms with Gasteiger partial charge in [-0.3, -0.25) is 4.99 Å². The van der Waals surface area contributed by atoms with Crippen LogP contribution in [0.4, 0.5) is 0 Å². The molecule has 0 heterocycles. The summed E-state index contributed by atoms with van der Waals surface area (Å²) in [6.45, 7) is 11.4. The standard InChI is InChI=1S/C14H29N/c1-6-13(5)11-14(7-2)15-10-8-9-12(3)4/h10,12-14H,6-9,11H2,1-5H3. The van der Waals surface area contributed by atoms with E-state index in [9.17, 15) is 0 Å². The number of rotatable bonds is 8. The first kappa shape index (κ1) is 14.7. The van der Waals surface area contributed by atoms with Crippen LogP contribution in [-0.4, -0.2) is 12.3 Å². The lowest BCUT2D eigenvalue weighted by Gasteiger charge is -2.14. The average molecular weight is 211 g/mol. The fourth-order valence-corrected chi connectivity index (χ4v) is 1.60. The van der Waals surface area contributed by atoms with E-state index >= 15 is 0 Å². The molecule has 0 spiro atoms. The predicted molar refractivity (Wildman–Crippen MR) is 70.7 cm³/mol. The quantitative estimate of drug-likeness (QED) is 0.516. The van der Waals surface area contributed by atoms with Gasteiger partial charge in [0, 0.05) is 6.04 Å². The molecule has 0 saturated heterocycles. The molecule has 0 amide bonds. The van der Waals surface area contributed by atoms with Gasteiger partial charge in [-0.15, -0.1) is 0 Å². The summed E-state index contributed by atoms with van der Waals surface area (Å²) in [4.78, 5) is 4.68. The Bertz CT molecular complexity index is 161. The molecule has 0 aromatic rings. The van der Waals surface area contributed by atoms with Gasteiger partial charge in [-0.25, -0.2) is 0 Å². The summed E-state index contributed by atoms with van der Waals surface area (Å²) in [5.74, 6) is 1.61. The van der Waals surface area contributed by atoms with Crippen molar-refractivity contribution in [1.82, 2.24) is 0 Å². The van der Waals surface area contributed by atoms with Gasteiger partial charge in [0.2, 0.25) is 0 Å². The third kappa shape index (κ3) is 8.65. The van der Waals surface area contributed by atoms with Crippen molar-refractivity contribution in [2.45, 2.75) is 72.8 Å². The minimum atomic E-state index is 0.562. The van der Waals surface area contributed by atoms with Gasteiger partial charge in [0.05, 0.1) is 0 Å². The van der Waals surface area contributed by atoms with Gasteiger partial charge in [0.25, 0.3) is 0 Å². The van der Waals surface area contributed by atoms with E-state index in [1.165, 1.54) is 25.7 Å². The zero-order chi connectivity index (χ0) is 11.7. The molecule has 1 heteroatoms. The Balaban J connectivity index is 3.77. The molecule has 0 aliphatic heterocycles. The van der Waals surface area contributed by atoms with Crippen LogP contribution in [0.1, 0.15) is 66.7 Å². The zero-order valence-electron chi connectivity index (χ0n) is 11.3. The fraction of sp³-hybridized carbons (Fsp3) is 0.929. The lowest BCUT2D eigenvalue weighted by atomic mass is 9.98. The third-order valence-electron chi connectivity index (χ3n) is 3.03. The normalized spacial score (nSPS) is 16.1. The monoisotopic (exact) mass is 211 g/mol. The van der Waals surface area contributed by atoms with E-state index in [0.717, 1.165) is 18.3 Å². The molecule has 0 aliphatic carbocycles. The van der Waals surface area contributed by atoms with Crippen LogP contribution < -0.4 is 0 Å². The summed E-state index contributed by atoms with van der Waals surface area (Å²) in [6.07, 6.45) is 8.28. The van der Waals surface area contributed by atoms with Crippen molar-refractivity contribution < 1.29 is 0 Å². The highest BCUT2D eigenvalue weighted by molar-refractivity contribution is 5.57. The Kier molecular flexibility index (Phi) is 8.74.